The topological polar surface area (TPSA) is 35.6 Å². The van der Waals surface area contributed by atoms with Crippen molar-refractivity contribution in [2.24, 2.45) is 0 Å². The second kappa shape index (κ2) is 8.07. The van der Waals surface area contributed by atoms with Gasteiger partial charge in [-0.05, 0) is 50.9 Å². The molecule has 1 atom stereocenters. The number of halogens is 1. The van der Waals surface area contributed by atoms with Crippen molar-refractivity contribution < 1.29 is 4.79 Å². The Balaban J connectivity index is 1.40. The molecule has 2 fully saturated rings. The minimum Gasteiger partial charge on any atom is -0.355 e. The molecule has 1 unspecified atom stereocenters. The van der Waals surface area contributed by atoms with Gasteiger partial charge in [0.25, 0.3) is 0 Å². The summed E-state index contributed by atoms with van der Waals surface area (Å²) in [5.41, 5.74) is 1.44. The van der Waals surface area contributed by atoms with Crippen molar-refractivity contribution in [2.75, 3.05) is 39.8 Å². The summed E-state index contributed by atoms with van der Waals surface area (Å²) in [6.07, 6.45) is 3.84. The fourth-order valence-electron chi connectivity index (χ4n) is 3.66. The first kappa shape index (κ1) is 18.7. The smallest absolute Gasteiger partial charge is 0.220 e. The quantitative estimate of drug-likeness (QED) is 0.809. The monoisotopic (exact) mass is 363 g/mol. The van der Waals surface area contributed by atoms with Gasteiger partial charge in [0.15, 0.2) is 0 Å². The summed E-state index contributed by atoms with van der Waals surface area (Å²) in [5, 5.41) is 3.93. The van der Waals surface area contributed by atoms with Crippen LogP contribution in [0.15, 0.2) is 24.3 Å². The predicted molar refractivity (Wildman–Crippen MR) is 103 cm³/mol. The van der Waals surface area contributed by atoms with Gasteiger partial charge >= 0.3 is 0 Å². The molecule has 1 heterocycles. The summed E-state index contributed by atoms with van der Waals surface area (Å²) in [5.74, 6) is 0.182. The Bertz CT molecular complexity index is 577. The average molecular weight is 364 g/mol. The molecule has 4 nitrogen and oxygen atoms in total. The van der Waals surface area contributed by atoms with Crippen LogP contribution in [0.3, 0.4) is 0 Å². The summed E-state index contributed by atoms with van der Waals surface area (Å²) in [7, 11) is 2.17. The third-order valence-corrected chi connectivity index (χ3v) is 6.14. The first-order valence-corrected chi connectivity index (χ1v) is 9.82. The number of nitrogens with zero attached hydrogens (tertiary/aromatic N) is 2. The number of hydrogen-bond donors (Lipinski definition) is 1. The summed E-state index contributed by atoms with van der Waals surface area (Å²) >= 11 is 5.98. The molecule has 1 amide bonds. The van der Waals surface area contributed by atoms with Gasteiger partial charge in [0.1, 0.15) is 0 Å². The molecule has 1 saturated carbocycles. The number of piperazine rings is 1. The van der Waals surface area contributed by atoms with Crippen molar-refractivity contribution in [1.82, 2.24) is 15.1 Å². The molecular formula is C20H30ClN3O. The fourth-order valence-corrected chi connectivity index (χ4v) is 3.79. The molecule has 0 bridgehead atoms. The Hall–Kier alpha value is -1.10. The lowest BCUT2D eigenvalue weighted by Crippen LogP contribution is -2.48. The van der Waals surface area contributed by atoms with Crippen LogP contribution < -0.4 is 5.32 Å². The van der Waals surface area contributed by atoms with E-state index in [-0.39, 0.29) is 11.3 Å². The Morgan fingerprint density at radius 2 is 1.84 bits per heavy atom. The lowest BCUT2D eigenvalue weighted by atomic mass is 9.96. The SMILES string of the molecule is CC(CCC(=O)NCC1(c2ccc(Cl)cc2)CC1)N1CCN(C)CC1. The Labute approximate surface area is 156 Å². The molecule has 0 aromatic heterocycles. The van der Waals surface area contributed by atoms with E-state index in [2.05, 4.69) is 41.2 Å². The van der Waals surface area contributed by atoms with E-state index in [1.54, 1.807) is 0 Å². The summed E-state index contributed by atoms with van der Waals surface area (Å²) in [6.45, 7) is 7.46. The van der Waals surface area contributed by atoms with Crippen LogP contribution in [-0.2, 0) is 10.2 Å². The van der Waals surface area contributed by atoms with Crippen molar-refractivity contribution in [1.29, 1.82) is 0 Å². The highest BCUT2D eigenvalue weighted by atomic mass is 35.5. The van der Waals surface area contributed by atoms with Crippen LogP contribution in [0.4, 0.5) is 0 Å². The van der Waals surface area contributed by atoms with Crippen LogP contribution in [0.2, 0.25) is 5.02 Å². The highest BCUT2D eigenvalue weighted by Gasteiger charge is 2.44. The average Bonchev–Trinajstić information content (AvgIpc) is 3.40. The summed E-state index contributed by atoms with van der Waals surface area (Å²) in [4.78, 5) is 17.1. The van der Waals surface area contributed by atoms with Crippen LogP contribution >= 0.6 is 11.6 Å². The second-order valence-corrected chi connectivity index (χ2v) is 8.23. The molecular weight excluding hydrogens is 334 g/mol. The van der Waals surface area contributed by atoms with Crippen LogP contribution in [0.25, 0.3) is 0 Å². The molecule has 0 spiro atoms. The lowest BCUT2D eigenvalue weighted by Gasteiger charge is -2.36. The van der Waals surface area contributed by atoms with Gasteiger partial charge in [-0.15, -0.1) is 0 Å². The van der Waals surface area contributed by atoms with E-state index in [1.165, 1.54) is 5.56 Å². The lowest BCUT2D eigenvalue weighted by molar-refractivity contribution is -0.121. The van der Waals surface area contributed by atoms with Crippen molar-refractivity contribution >= 4 is 17.5 Å². The molecule has 2 aliphatic rings. The van der Waals surface area contributed by atoms with Crippen molar-refractivity contribution in [2.45, 2.75) is 44.1 Å². The Morgan fingerprint density at radius 1 is 1.20 bits per heavy atom. The Kier molecular flexibility index (Phi) is 6.03. The highest BCUT2D eigenvalue weighted by Crippen LogP contribution is 2.47. The first-order chi connectivity index (χ1) is 12.0. The number of benzene rings is 1. The minimum atomic E-state index is 0.142. The molecule has 25 heavy (non-hydrogen) atoms. The highest BCUT2D eigenvalue weighted by molar-refractivity contribution is 6.30. The third-order valence-electron chi connectivity index (χ3n) is 5.88. The van der Waals surface area contributed by atoms with Gasteiger partial charge in [-0.25, -0.2) is 0 Å². The molecule has 0 radical (unpaired) electrons. The molecule has 1 aromatic rings. The largest absolute Gasteiger partial charge is 0.355 e. The molecule has 1 aromatic carbocycles. The van der Waals surface area contributed by atoms with E-state index in [1.807, 2.05) is 12.1 Å². The standard InChI is InChI=1S/C20H30ClN3O/c1-16(24-13-11-23(2)12-14-24)3-8-19(25)22-15-20(9-10-20)17-4-6-18(21)7-5-17/h4-7,16H,3,8-15H2,1-2H3,(H,22,25). The van der Waals surface area contributed by atoms with Crippen molar-refractivity contribution in [3.63, 3.8) is 0 Å². The summed E-state index contributed by atoms with van der Waals surface area (Å²) in [6, 6.07) is 8.55. The normalized spacial score (nSPS) is 21.7. The Morgan fingerprint density at radius 3 is 2.44 bits per heavy atom. The third kappa shape index (κ3) is 4.96. The summed E-state index contributed by atoms with van der Waals surface area (Å²) < 4.78 is 0. The van der Waals surface area contributed by atoms with Gasteiger partial charge in [0, 0.05) is 55.6 Å². The van der Waals surface area contributed by atoms with E-state index in [9.17, 15) is 4.79 Å². The zero-order valence-electron chi connectivity index (χ0n) is 15.4. The number of likely N-dealkylation sites (N-methyl/N-ethyl adjacent to an activating group) is 1. The van der Waals surface area contributed by atoms with Gasteiger partial charge in [0.2, 0.25) is 5.91 Å². The first-order valence-electron chi connectivity index (χ1n) is 9.44. The molecule has 1 saturated heterocycles. The van der Waals surface area contributed by atoms with Gasteiger partial charge in [-0.2, -0.15) is 0 Å². The van der Waals surface area contributed by atoms with E-state index in [0.29, 0.717) is 12.5 Å². The van der Waals surface area contributed by atoms with Gasteiger partial charge in [-0.3, -0.25) is 9.69 Å². The maximum Gasteiger partial charge on any atom is 0.220 e. The maximum atomic E-state index is 12.3. The zero-order chi connectivity index (χ0) is 17.9. The zero-order valence-corrected chi connectivity index (χ0v) is 16.2. The maximum absolute atomic E-state index is 12.3. The molecule has 138 valence electrons. The van der Waals surface area contributed by atoms with E-state index in [0.717, 1.165) is 57.0 Å². The van der Waals surface area contributed by atoms with Crippen LogP contribution in [0.5, 0.6) is 0 Å². The number of amides is 1. The van der Waals surface area contributed by atoms with Gasteiger partial charge in [-0.1, -0.05) is 23.7 Å². The molecule has 1 N–H and O–H groups in total. The molecule has 5 heteroatoms. The van der Waals surface area contributed by atoms with Crippen molar-refractivity contribution in [3.8, 4) is 0 Å². The molecule has 3 rings (SSSR count). The van der Waals surface area contributed by atoms with E-state index >= 15 is 0 Å². The number of carbonyl (C=O) groups excluding carboxylic acids is 1. The number of hydrogen-bond acceptors (Lipinski definition) is 3. The minimum absolute atomic E-state index is 0.142. The van der Waals surface area contributed by atoms with Crippen molar-refractivity contribution in [3.05, 3.63) is 34.9 Å². The van der Waals surface area contributed by atoms with Gasteiger partial charge < -0.3 is 10.2 Å². The number of rotatable bonds is 7. The number of nitrogens with one attached hydrogen (secondary N) is 1. The van der Waals surface area contributed by atoms with E-state index in [4.69, 9.17) is 11.6 Å². The van der Waals surface area contributed by atoms with Crippen LogP contribution in [0.1, 0.15) is 38.2 Å². The van der Waals surface area contributed by atoms with Crippen LogP contribution in [0, 0.1) is 0 Å². The second-order valence-electron chi connectivity index (χ2n) is 7.79. The molecule has 1 aliphatic heterocycles. The molecule has 1 aliphatic carbocycles. The van der Waals surface area contributed by atoms with Crippen LogP contribution in [-0.4, -0.2) is 61.5 Å². The number of carbonyl (C=O) groups is 1. The van der Waals surface area contributed by atoms with E-state index < -0.39 is 0 Å². The predicted octanol–water partition coefficient (Wildman–Crippen LogP) is 2.90. The fraction of sp³-hybridized carbons (Fsp3) is 0.650. The van der Waals surface area contributed by atoms with Gasteiger partial charge in [0.05, 0.1) is 0 Å².